The Balaban J connectivity index is 3.32. The van der Waals surface area contributed by atoms with E-state index >= 15 is 0 Å². The van der Waals surface area contributed by atoms with Crippen LogP contribution in [0.2, 0.25) is 18.1 Å². The molecule has 0 atom stereocenters. The Hall–Kier alpha value is 0.314. The number of rotatable bonds is 14. The highest BCUT2D eigenvalue weighted by Gasteiger charge is 2.65. The van der Waals surface area contributed by atoms with E-state index in [2.05, 4.69) is 41.5 Å². The van der Waals surface area contributed by atoms with E-state index in [0.717, 1.165) is 32.5 Å². The highest BCUT2D eigenvalue weighted by molar-refractivity contribution is 7.35. The summed E-state index contributed by atoms with van der Waals surface area (Å²) in [7, 11) is -4.33. The molecule has 156 valence electrons. The van der Waals surface area contributed by atoms with Crippen molar-refractivity contribution in [2.24, 2.45) is 0 Å². The van der Waals surface area contributed by atoms with Crippen molar-refractivity contribution in [1.29, 1.82) is 0 Å². The van der Waals surface area contributed by atoms with Crippen LogP contribution >= 0.6 is 0 Å². The summed E-state index contributed by atoms with van der Waals surface area (Å²) in [5, 5.41) is 0. The van der Waals surface area contributed by atoms with Crippen molar-refractivity contribution in [1.82, 2.24) is 0 Å². The molecule has 0 N–H and O–H groups in total. The average molecular weight is 403 g/mol. The van der Waals surface area contributed by atoms with Gasteiger partial charge in [0.25, 0.3) is 0 Å². The summed E-state index contributed by atoms with van der Waals surface area (Å²) in [6, 6.07) is 3.60. The highest BCUT2D eigenvalue weighted by Crippen LogP contribution is 2.48. The van der Waals surface area contributed by atoms with Gasteiger partial charge >= 0.3 is 8.08 Å². The predicted molar refractivity (Wildman–Crippen MR) is 117 cm³/mol. The van der Waals surface area contributed by atoms with Gasteiger partial charge < -0.3 is 13.3 Å². The molecule has 1 aliphatic rings. The Morgan fingerprint density at radius 1 is 0.731 bits per heavy atom. The van der Waals surface area contributed by atoms with Gasteiger partial charge in [0, 0.05) is 13.2 Å². The van der Waals surface area contributed by atoms with E-state index in [0.29, 0.717) is 0 Å². The van der Waals surface area contributed by atoms with Crippen molar-refractivity contribution in [3.8, 4) is 0 Å². The van der Waals surface area contributed by atoms with Crippen molar-refractivity contribution < 1.29 is 13.3 Å². The molecule has 1 rings (SSSR count). The van der Waals surface area contributed by atoms with Gasteiger partial charge in [-0.05, 0) is 50.2 Å². The molecule has 0 aliphatic carbocycles. The van der Waals surface area contributed by atoms with Crippen LogP contribution in [0.3, 0.4) is 0 Å². The summed E-state index contributed by atoms with van der Waals surface area (Å²) in [5.74, 6) is 0. The van der Waals surface area contributed by atoms with Crippen LogP contribution < -0.4 is 0 Å². The number of hydrogen-bond donors (Lipinski definition) is 0. The molecule has 0 amide bonds. The Labute approximate surface area is 165 Å². The van der Waals surface area contributed by atoms with Crippen LogP contribution in [0.1, 0.15) is 99.3 Å². The third kappa shape index (κ3) is 5.66. The van der Waals surface area contributed by atoms with E-state index in [1.807, 2.05) is 0 Å². The van der Waals surface area contributed by atoms with Gasteiger partial charge in [-0.15, -0.1) is 0 Å². The average Bonchev–Trinajstić information content (AvgIpc) is 2.61. The van der Waals surface area contributed by atoms with Gasteiger partial charge in [0.1, 0.15) is 0 Å². The zero-order valence-corrected chi connectivity index (χ0v) is 20.6. The third-order valence-electron chi connectivity index (χ3n) is 5.81. The second-order valence-electron chi connectivity index (χ2n) is 8.23. The summed E-state index contributed by atoms with van der Waals surface area (Å²) in [5.41, 5.74) is 0.0989. The first kappa shape index (κ1) is 24.4. The van der Waals surface area contributed by atoms with Crippen LogP contribution in [0.25, 0.3) is 0 Å². The quantitative estimate of drug-likeness (QED) is 0.296. The van der Waals surface area contributed by atoms with Crippen LogP contribution in [-0.4, -0.2) is 34.7 Å². The maximum absolute atomic E-state index is 7.38. The minimum atomic E-state index is -2.28. The summed E-state index contributed by atoms with van der Waals surface area (Å²) in [6.07, 6.45) is 10.5. The molecule has 0 aromatic carbocycles. The van der Waals surface area contributed by atoms with E-state index in [9.17, 15) is 0 Å². The maximum atomic E-state index is 7.38. The molecular weight excluding hydrogens is 356 g/mol. The van der Waals surface area contributed by atoms with E-state index in [1.54, 1.807) is 0 Å². The third-order valence-corrected chi connectivity index (χ3v) is 20.5. The molecular formula is C21H46O3Si2. The van der Waals surface area contributed by atoms with Gasteiger partial charge in [0.05, 0.1) is 5.60 Å². The van der Waals surface area contributed by atoms with Crippen molar-refractivity contribution in [3.05, 3.63) is 0 Å². The predicted octanol–water partition coefficient (Wildman–Crippen LogP) is 6.89. The first-order valence-electron chi connectivity index (χ1n) is 11.5. The van der Waals surface area contributed by atoms with Gasteiger partial charge in [-0.3, -0.25) is 0 Å². The Morgan fingerprint density at radius 2 is 1.23 bits per heavy atom. The Kier molecular flexibility index (Phi) is 11.2. The number of hydrogen-bond acceptors (Lipinski definition) is 3. The molecule has 0 saturated carbocycles. The van der Waals surface area contributed by atoms with Crippen LogP contribution in [-0.2, 0) is 13.3 Å². The summed E-state index contributed by atoms with van der Waals surface area (Å²) in [4.78, 5) is 0. The molecule has 1 heterocycles. The summed E-state index contributed by atoms with van der Waals surface area (Å²) >= 11 is 0. The lowest BCUT2D eigenvalue weighted by atomic mass is 9.90. The van der Waals surface area contributed by atoms with Crippen molar-refractivity contribution in [2.75, 3.05) is 13.2 Å². The van der Waals surface area contributed by atoms with Gasteiger partial charge in [-0.1, -0.05) is 67.2 Å². The summed E-state index contributed by atoms with van der Waals surface area (Å²) in [6.45, 7) is 15.4. The summed E-state index contributed by atoms with van der Waals surface area (Å²) < 4.78 is 20.9. The molecule has 1 fully saturated rings. The van der Waals surface area contributed by atoms with Crippen molar-refractivity contribution in [2.45, 2.75) is 123 Å². The minimum Gasteiger partial charge on any atom is -0.408 e. The second kappa shape index (κ2) is 12.0. The first-order valence-corrected chi connectivity index (χ1v) is 16.9. The topological polar surface area (TPSA) is 27.7 Å². The van der Waals surface area contributed by atoms with E-state index in [1.165, 1.54) is 56.7 Å². The molecule has 0 unspecified atom stereocenters. The van der Waals surface area contributed by atoms with E-state index in [-0.39, 0.29) is 5.60 Å². The van der Waals surface area contributed by atoms with Crippen LogP contribution in [0.5, 0.6) is 0 Å². The zero-order valence-electron chi connectivity index (χ0n) is 18.6. The smallest absolute Gasteiger partial charge is 0.349 e. The van der Waals surface area contributed by atoms with Crippen LogP contribution in [0.4, 0.5) is 0 Å². The van der Waals surface area contributed by atoms with E-state index in [4.69, 9.17) is 13.3 Å². The lowest BCUT2D eigenvalue weighted by molar-refractivity contribution is 0.0149. The Bertz CT molecular complexity index is 356. The highest BCUT2D eigenvalue weighted by atomic mass is 29.3. The molecule has 0 aromatic rings. The minimum absolute atomic E-state index is 0.0989. The SMILES string of the molecule is CCCO[Si]1(OCCC)CCC(CCC)(CCC)O[Si]1(CCC)CCC. The van der Waals surface area contributed by atoms with Crippen molar-refractivity contribution >= 4 is 15.9 Å². The monoisotopic (exact) mass is 402 g/mol. The second-order valence-corrected chi connectivity index (χ2v) is 19.0. The molecule has 0 spiro atoms. The lowest BCUT2D eigenvalue weighted by Gasteiger charge is -2.55. The normalized spacial score (nSPS) is 21.0. The molecule has 3 nitrogen and oxygen atoms in total. The maximum Gasteiger partial charge on any atom is 0.349 e. The molecule has 0 aromatic heterocycles. The Morgan fingerprint density at radius 3 is 1.62 bits per heavy atom. The molecule has 1 saturated heterocycles. The van der Waals surface area contributed by atoms with Gasteiger partial charge in [-0.2, -0.15) is 0 Å². The molecule has 0 radical (unpaired) electrons. The van der Waals surface area contributed by atoms with E-state index < -0.39 is 15.9 Å². The fourth-order valence-electron chi connectivity index (χ4n) is 4.95. The van der Waals surface area contributed by atoms with Crippen LogP contribution in [0.15, 0.2) is 0 Å². The fourth-order valence-corrected chi connectivity index (χ4v) is 21.1. The molecule has 0 bridgehead atoms. The first-order chi connectivity index (χ1) is 12.5. The molecule has 1 aliphatic heterocycles. The molecule has 26 heavy (non-hydrogen) atoms. The van der Waals surface area contributed by atoms with Gasteiger partial charge in [0.15, 0.2) is 0 Å². The van der Waals surface area contributed by atoms with Gasteiger partial charge in [0.2, 0.25) is 7.83 Å². The standard InChI is InChI=1S/C21H46O3Si2/c1-7-13-21(14-8-2)15-20-26(22-16-9-3,23-17-10-4)25(24-21,18-11-5)19-12-6/h7-20H2,1-6H3. The van der Waals surface area contributed by atoms with Crippen molar-refractivity contribution in [3.63, 3.8) is 0 Å². The van der Waals surface area contributed by atoms with Gasteiger partial charge in [-0.25, -0.2) is 0 Å². The fraction of sp³-hybridized carbons (Fsp3) is 1.00. The zero-order chi connectivity index (χ0) is 19.5. The molecule has 5 heteroatoms. The van der Waals surface area contributed by atoms with Crippen LogP contribution in [0, 0.1) is 0 Å². The largest absolute Gasteiger partial charge is 0.408 e. The lowest BCUT2D eigenvalue weighted by Crippen LogP contribution is -2.74.